The summed E-state index contributed by atoms with van der Waals surface area (Å²) in [7, 11) is 1.57. The van der Waals surface area contributed by atoms with Gasteiger partial charge in [-0.2, -0.15) is 0 Å². The molecule has 1 fully saturated rings. The molecule has 1 aliphatic rings. The van der Waals surface area contributed by atoms with Crippen LogP contribution < -0.4 is 10.1 Å². The molecule has 0 amide bonds. The molecule has 0 aliphatic heterocycles. The van der Waals surface area contributed by atoms with Crippen LogP contribution in [0.5, 0.6) is 11.5 Å². The third-order valence-electron chi connectivity index (χ3n) is 3.67. The van der Waals surface area contributed by atoms with E-state index in [-0.39, 0.29) is 11.3 Å². The van der Waals surface area contributed by atoms with Crippen LogP contribution in [0.25, 0.3) is 0 Å². The molecule has 0 saturated heterocycles. The van der Waals surface area contributed by atoms with E-state index in [4.69, 9.17) is 4.74 Å². The van der Waals surface area contributed by atoms with Crippen molar-refractivity contribution in [2.45, 2.75) is 44.7 Å². The normalized spacial score (nSPS) is 18.2. The molecule has 94 valence electrons. The van der Waals surface area contributed by atoms with Gasteiger partial charge in [0.05, 0.1) is 7.11 Å². The Balaban J connectivity index is 1.99. The van der Waals surface area contributed by atoms with E-state index >= 15 is 0 Å². The second-order valence-corrected chi connectivity index (χ2v) is 5.13. The van der Waals surface area contributed by atoms with Crippen LogP contribution in [-0.4, -0.2) is 17.8 Å². The maximum absolute atomic E-state index is 9.52. The van der Waals surface area contributed by atoms with Gasteiger partial charge in [-0.1, -0.05) is 18.9 Å². The Morgan fingerprint density at radius 1 is 1.35 bits per heavy atom. The number of methoxy groups -OCH3 is 1. The molecule has 3 nitrogen and oxygen atoms in total. The SMILES string of the molecule is COc1cc(CNC2(C)CCCC2)ccc1O. The summed E-state index contributed by atoms with van der Waals surface area (Å²) in [6, 6.07) is 5.51. The molecule has 0 bridgehead atoms. The Morgan fingerprint density at radius 2 is 2.06 bits per heavy atom. The van der Waals surface area contributed by atoms with Gasteiger partial charge in [0, 0.05) is 12.1 Å². The molecular formula is C14H21NO2. The van der Waals surface area contributed by atoms with Gasteiger partial charge in [-0.25, -0.2) is 0 Å². The van der Waals surface area contributed by atoms with Crippen LogP contribution in [0.4, 0.5) is 0 Å². The van der Waals surface area contributed by atoms with E-state index in [9.17, 15) is 5.11 Å². The Kier molecular flexibility index (Phi) is 3.57. The van der Waals surface area contributed by atoms with Gasteiger partial charge < -0.3 is 15.2 Å². The van der Waals surface area contributed by atoms with Gasteiger partial charge in [-0.3, -0.25) is 0 Å². The summed E-state index contributed by atoms with van der Waals surface area (Å²) in [5.74, 6) is 0.740. The number of benzene rings is 1. The zero-order valence-corrected chi connectivity index (χ0v) is 10.6. The van der Waals surface area contributed by atoms with E-state index in [0.29, 0.717) is 5.75 Å². The van der Waals surface area contributed by atoms with Crippen molar-refractivity contribution >= 4 is 0 Å². The van der Waals surface area contributed by atoms with E-state index in [1.54, 1.807) is 13.2 Å². The number of rotatable bonds is 4. The Labute approximate surface area is 103 Å². The van der Waals surface area contributed by atoms with Crippen LogP contribution in [0.15, 0.2) is 18.2 Å². The van der Waals surface area contributed by atoms with Crippen molar-refractivity contribution < 1.29 is 9.84 Å². The molecule has 2 rings (SSSR count). The lowest BCUT2D eigenvalue weighted by Gasteiger charge is -2.25. The number of hydrogen-bond donors (Lipinski definition) is 2. The first kappa shape index (κ1) is 12.2. The lowest BCUT2D eigenvalue weighted by molar-refractivity contribution is 0.358. The monoisotopic (exact) mass is 235 g/mol. The standard InChI is InChI=1S/C14H21NO2/c1-14(7-3-4-8-14)15-10-11-5-6-12(16)13(9-11)17-2/h5-6,9,15-16H,3-4,7-8,10H2,1-2H3. The van der Waals surface area contributed by atoms with Crippen molar-refractivity contribution in [3.05, 3.63) is 23.8 Å². The molecule has 0 spiro atoms. The quantitative estimate of drug-likeness (QED) is 0.843. The molecule has 1 aliphatic carbocycles. The molecule has 2 N–H and O–H groups in total. The smallest absolute Gasteiger partial charge is 0.160 e. The molecule has 1 saturated carbocycles. The van der Waals surface area contributed by atoms with Crippen molar-refractivity contribution in [1.82, 2.24) is 5.32 Å². The highest BCUT2D eigenvalue weighted by Crippen LogP contribution is 2.30. The highest BCUT2D eigenvalue weighted by atomic mass is 16.5. The van der Waals surface area contributed by atoms with Crippen molar-refractivity contribution in [1.29, 1.82) is 0 Å². The Bertz CT molecular complexity index is 384. The zero-order chi connectivity index (χ0) is 12.3. The number of phenolic OH excluding ortho intramolecular Hbond substituents is 1. The fraction of sp³-hybridized carbons (Fsp3) is 0.571. The molecule has 0 atom stereocenters. The highest BCUT2D eigenvalue weighted by Gasteiger charge is 2.27. The average molecular weight is 235 g/mol. The molecule has 1 aromatic rings. The Hall–Kier alpha value is -1.22. The minimum Gasteiger partial charge on any atom is -0.504 e. The predicted octanol–water partition coefficient (Wildman–Crippen LogP) is 2.82. The number of nitrogens with one attached hydrogen (secondary N) is 1. The number of phenols is 1. The average Bonchev–Trinajstić information content (AvgIpc) is 2.76. The Morgan fingerprint density at radius 3 is 2.71 bits per heavy atom. The van der Waals surface area contributed by atoms with E-state index < -0.39 is 0 Å². The first-order valence-corrected chi connectivity index (χ1v) is 6.24. The van der Waals surface area contributed by atoms with Gasteiger partial charge >= 0.3 is 0 Å². The van der Waals surface area contributed by atoms with E-state index in [0.717, 1.165) is 12.1 Å². The van der Waals surface area contributed by atoms with Crippen LogP contribution in [-0.2, 0) is 6.54 Å². The largest absolute Gasteiger partial charge is 0.504 e. The summed E-state index contributed by atoms with van der Waals surface area (Å²) < 4.78 is 5.10. The first-order valence-electron chi connectivity index (χ1n) is 6.24. The summed E-state index contributed by atoms with van der Waals surface area (Å²) in [4.78, 5) is 0. The second kappa shape index (κ2) is 4.96. The summed E-state index contributed by atoms with van der Waals surface area (Å²) in [6.07, 6.45) is 5.15. The van der Waals surface area contributed by atoms with E-state index in [1.165, 1.54) is 25.7 Å². The van der Waals surface area contributed by atoms with Gasteiger partial charge in [-0.15, -0.1) is 0 Å². The first-order chi connectivity index (χ1) is 8.13. The van der Waals surface area contributed by atoms with Crippen LogP contribution in [0, 0.1) is 0 Å². The summed E-state index contributed by atoms with van der Waals surface area (Å²) >= 11 is 0. The number of ether oxygens (including phenoxy) is 1. The van der Waals surface area contributed by atoms with E-state index in [2.05, 4.69) is 12.2 Å². The van der Waals surface area contributed by atoms with E-state index in [1.807, 2.05) is 12.1 Å². The van der Waals surface area contributed by atoms with Gasteiger partial charge in [0.25, 0.3) is 0 Å². The molecule has 0 unspecified atom stereocenters. The molecule has 0 aromatic heterocycles. The molecule has 3 heteroatoms. The second-order valence-electron chi connectivity index (χ2n) is 5.13. The van der Waals surface area contributed by atoms with Gasteiger partial charge in [-0.05, 0) is 37.5 Å². The summed E-state index contributed by atoms with van der Waals surface area (Å²) in [5.41, 5.74) is 1.43. The van der Waals surface area contributed by atoms with Crippen LogP contribution >= 0.6 is 0 Å². The number of hydrogen-bond acceptors (Lipinski definition) is 3. The maximum atomic E-state index is 9.52. The number of aromatic hydroxyl groups is 1. The van der Waals surface area contributed by atoms with Crippen LogP contribution in [0.3, 0.4) is 0 Å². The third kappa shape index (κ3) is 2.91. The van der Waals surface area contributed by atoms with Crippen molar-refractivity contribution in [2.75, 3.05) is 7.11 Å². The minimum absolute atomic E-state index is 0.198. The lowest BCUT2D eigenvalue weighted by atomic mass is 10.0. The third-order valence-corrected chi connectivity index (χ3v) is 3.67. The molecular weight excluding hydrogens is 214 g/mol. The lowest BCUT2D eigenvalue weighted by Crippen LogP contribution is -2.38. The van der Waals surface area contributed by atoms with Crippen LogP contribution in [0.2, 0.25) is 0 Å². The maximum Gasteiger partial charge on any atom is 0.160 e. The molecule has 0 radical (unpaired) electrons. The summed E-state index contributed by atoms with van der Waals surface area (Å²) in [5, 5.41) is 13.1. The van der Waals surface area contributed by atoms with Crippen molar-refractivity contribution in [2.24, 2.45) is 0 Å². The predicted molar refractivity (Wildman–Crippen MR) is 68.4 cm³/mol. The molecule has 17 heavy (non-hydrogen) atoms. The molecule has 0 heterocycles. The molecule has 1 aromatic carbocycles. The fourth-order valence-corrected chi connectivity index (χ4v) is 2.48. The van der Waals surface area contributed by atoms with Crippen molar-refractivity contribution in [3.8, 4) is 11.5 Å². The topological polar surface area (TPSA) is 41.5 Å². The fourth-order valence-electron chi connectivity index (χ4n) is 2.48. The zero-order valence-electron chi connectivity index (χ0n) is 10.6. The minimum atomic E-state index is 0.198. The van der Waals surface area contributed by atoms with Crippen molar-refractivity contribution in [3.63, 3.8) is 0 Å². The van der Waals surface area contributed by atoms with Gasteiger partial charge in [0.2, 0.25) is 0 Å². The highest BCUT2D eigenvalue weighted by molar-refractivity contribution is 5.41. The van der Waals surface area contributed by atoms with Gasteiger partial charge in [0.15, 0.2) is 11.5 Å². The summed E-state index contributed by atoms with van der Waals surface area (Å²) in [6.45, 7) is 3.12. The van der Waals surface area contributed by atoms with Crippen LogP contribution in [0.1, 0.15) is 38.2 Å². The van der Waals surface area contributed by atoms with Gasteiger partial charge in [0.1, 0.15) is 0 Å².